The van der Waals surface area contributed by atoms with Gasteiger partial charge in [0.15, 0.2) is 17.4 Å². The number of rotatable bonds is 13. The van der Waals surface area contributed by atoms with E-state index < -0.39 is 42.7 Å². The first-order chi connectivity index (χ1) is 44.3. The Hall–Kier alpha value is -10.7. The van der Waals surface area contributed by atoms with Crippen LogP contribution in [0.4, 0.5) is 21.2 Å². The minimum Gasteiger partial charge on any atom is -0.444 e. The van der Waals surface area contributed by atoms with Crippen LogP contribution >= 0.6 is 7.37 Å². The highest BCUT2D eigenvalue weighted by atomic mass is 31.2. The van der Waals surface area contributed by atoms with E-state index in [-0.39, 0.29) is 40.8 Å². The smallest absolute Gasteiger partial charge is 0.410 e. The van der Waals surface area contributed by atoms with Crippen LogP contribution in [0.2, 0.25) is 0 Å². The fraction of sp³-hybridized carbons (Fsp3) is 0.294. The average Bonchev–Trinajstić information content (AvgIpc) is 1.66. The maximum Gasteiger partial charge on any atom is 0.410 e. The molecule has 4 aromatic carbocycles. The van der Waals surface area contributed by atoms with Crippen molar-refractivity contribution in [1.82, 2.24) is 39.4 Å². The van der Waals surface area contributed by atoms with E-state index in [4.69, 9.17) is 46.3 Å². The van der Waals surface area contributed by atoms with Gasteiger partial charge in [0, 0.05) is 72.2 Å². The third-order valence-corrected chi connectivity index (χ3v) is 16.9. The van der Waals surface area contributed by atoms with Crippen molar-refractivity contribution in [2.75, 3.05) is 29.6 Å². The number of benzene rings is 4. The molecule has 10 rings (SSSR count). The fourth-order valence-corrected chi connectivity index (χ4v) is 12.0. The number of ketones is 2. The van der Waals surface area contributed by atoms with E-state index in [0.717, 1.165) is 25.7 Å². The van der Waals surface area contributed by atoms with Gasteiger partial charge in [-0.15, -0.1) is 0 Å². The molecule has 2 aliphatic rings. The van der Waals surface area contributed by atoms with E-state index in [0.29, 0.717) is 98.7 Å². The molecule has 7 N–H and O–H groups in total. The first-order valence-corrected chi connectivity index (χ1v) is 31.6. The van der Waals surface area contributed by atoms with E-state index in [1.165, 1.54) is 43.0 Å². The number of nitrogen functional groups attached to an aromatic ring is 1. The van der Waals surface area contributed by atoms with Crippen LogP contribution < -0.4 is 33.0 Å². The van der Waals surface area contributed by atoms with Gasteiger partial charge in [-0.1, -0.05) is 60.7 Å². The molecule has 8 aromatic rings. The summed E-state index contributed by atoms with van der Waals surface area (Å²) >= 11 is 0. The van der Waals surface area contributed by atoms with Gasteiger partial charge in [0.25, 0.3) is 19.2 Å². The van der Waals surface area contributed by atoms with Gasteiger partial charge in [0.2, 0.25) is 0 Å². The normalized spacial score (nSPS) is 14.7. The minimum absolute atomic E-state index is 0.191. The number of nitrogens with two attached hydrogens (primary N) is 2. The number of hydrogen-bond donors (Lipinski definition) is 5. The largest absolute Gasteiger partial charge is 0.444 e. The third kappa shape index (κ3) is 17.2. The average molecular weight is 1280 g/mol. The van der Waals surface area contributed by atoms with Crippen LogP contribution in [0, 0.1) is 22.7 Å². The molecule has 0 saturated carbocycles. The number of carbonyl (C=O) groups excluding carboxylic acids is 6. The summed E-state index contributed by atoms with van der Waals surface area (Å²) < 4.78 is 29.9. The minimum atomic E-state index is -3.13. The summed E-state index contributed by atoms with van der Waals surface area (Å²) in [5.41, 5.74) is 2.82. The third-order valence-electron chi connectivity index (χ3n) is 14.7. The lowest BCUT2D eigenvalue weighted by Gasteiger charge is -2.36. The van der Waals surface area contributed by atoms with Crippen LogP contribution in [-0.4, -0.2) is 99.3 Å². The molecule has 2 aliphatic heterocycles. The van der Waals surface area contributed by atoms with Crippen LogP contribution in [0.5, 0.6) is 0 Å². The first-order valence-electron chi connectivity index (χ1n) is 30.0. The van der Waals surface area contributed by atoms with E-state index in [1.807, 2.05) is 90.1 Å². The molecule has 0 unspecified atom stereocenters. The van der Waals surface area contributed by atoms with Gasteiger partial charge in [-0.05, 0) is 153 Å². The van der Waals surface area contributed by atoms with Crippen molar-refractivity contribution in [3.63, 3.8) is 0 Å². The highest BCUT2D eigenvalue weighted by Gasteiger charge is 2.37. The van der Waals surface area contributed by atoms with Crippen molar-refractivity contribution in [1.29, 1.82) is 10.5 Å². The molecule has 0 aliphatic carbocycles. The number of nitrogens with one attached hydrogen (secondary N) is 3. The van der Waals surface area contributed by atoms with Gasteiger partial charge >= 0.3 is 12.2 Å². The lowest BCUT2D eigenvalue weighted by molar-refractivity contribution is 0.00739. The van der Waals surface area contributed by atoms with Crippen molar-refractivity contribution in [3.8, 4) is 34.7 Å². The summed E-state index contributed by atoms with van der Waals surface area (Å²) in [6.07, 6.45) is 6.84. The Bertz CT molecular complexity index is 4110. The number of pyridine rings is 2. The zero-order valence-electron chi connectivity index (χ0n) is 52.9. The van der Waals surface area contributed by atoms with Crippen molar-refractivity contribution in [2.45, 2.75) is 117 Å². The van der Waals surface area contributed by atoms with Crippen molar-refractivity contribution < 1.29 is 47.4 Å². The van der Waals surface area contributed by atoms with E-state index >= 15 is 0 Å². The maximum absolute atomic E-state index is 13.0. The monoisotopic (exact) mass is 1280 g/mol. The second-order valence-electron chi connectivity index (χ2n) is 23.8. The molecule has 93 heavy (non-hydrogen) atoms. The van der Waals surface area contributed by atoms with Crippen LogP contribution in [0.1, 0.15) is 170 Å². The fourth-order valence-electron chi connectivity index (χ4n) is 10.3. The molecule has 0 bridgehead atoms. The zero-order chi connectivity index (χ0) is 67.2. The van der Waals surface area contributed by atoms with Gasteiger partial charge in [0.05, 0.1) is 41.0 Å². The number of aromatic nitrogens is 6. The molecular weight excluding hydrogens is 1200 g/mol. The lowest BCUT2D eigenvalue weighted by Crippen LogP contribution is -2.43. The Kier molecular flexibility index (Phi) is 22.0. The van der Waals surface area contributed by atoms with Crippen LogP contribution in [0.3, 0.4) is 0 Å². The Balaban J connectivity index is 0.000000194. The van der Waals surface area contributed by atoms with Gasteiger partial charge in [-0.2, -0.15) is 10.5 Å². The number of carbonyl (C=O) groups is 6. The molecular formula is C68H73N14O10P. The molecule has 0 radical (unpaired) electrons. The Labute approximate surface area is 538 Å². The van der Waals surface area contributed by atoms with Crippen molar-refractivity contribution in [2.24, 2.45) is 5.90 Å². The topological polar surface area (TPSA) is 350 Å². The van der Waals surface area contributed by atoms with Crippen molar-refractivity contribution >= 4 is 65.2 Å². The number of nitriles is 2. The molecule has 2 atom stereocenters. The molecule has 4 aromatic heterocycles. The highest BCUT2D eigenvalue weighted by molar-refractivity contribution is 7.74. The summed E-state index contributed by atoms with van der Waals surface area (Å²) in [6, 6.07) is 40.5. The predicted molar refractivity (Wildman–Crippen MR) is 350 cm³/mol. The number of likely N-dealkylation sites (tertiary alicyclic amines) is 2. The molecule has 24 nitrogen and oxygen atoms in total. The number of hydrogen-bond acceptors (Lipinski definition) is 18. The van der Waals surface area contributed by atoms with E-state index in [9.17, 15) is 33.3 Å². The first kappa shape index (κ1) is 68.3. The van der Waals surface area contributed by atoms with E-state index in [1.54, 1.807) is 94.7 Å². The van der Waals surface area contributed by atoms with Gasteiger partial charge in [-0.25, -0.2) is 44.7 Å². The summed E-state index contributed by atoms with van der Waals surface area (Å²) in [4.78, 5) is 100. The molecule has 25 heteroatoms. The number of H-pyrrole nitrogens is 1. The highest BCUT2D eigenvalue weighted by Crippen LogP contribution is 2.42. The number of nitrogens with zero attached hydrogens (tertiary/aromatic N) is 9. The molecule has 4 amide bonds. The Morgan fingerprint density at radius 2 is 1.04 bits per heavy atom. The SMILES string of the molecule is CC(=O)c1[nH]c([C@@H]2CCCCN2C(=O)OC(C)(C)C)nc1-c1ccc(C(=O)Nc2cc(C#N)ccn2)cc1.CC(=O)c1c(-c2ccc(C(=O)Nc3cc(C#N)ccn3)cc2)nc([C@@H]2CCCCN2C(=O)OC(C)(C)C)n1N.NOP(=O)(c1ccccc1)c1ccccc1. The van der Waals surface area contributed by atoms with Gasteiger partial charge < -0.3 is 30.9 Å². The summed E-state index contributed by atoms with van der Waals surface area (Å²) in [5.74, 6) is 11.8. The van der Waals surface area contributed by atoms with Crippen LogP contribution in [-0.2, 0) is 18.7 Å². The molecule has 2 saturated heterocycles. The van der Waals surface area contributed by atoms with Crippen LogP contribution in [0.15, 0.2) is 146 Å². The number of amides is 4. The zero-order valence-corrected chi connectivity index (χ0v) is 53.8. The predicted octanol–water partition coefficient (Wildman–Crippen LogP) is 11.5. The Morgan fingerprint density at radius 1 is 0.602 bits per heavy atom. The molecule has 6 heterocycles. The molecule has 0 spiro atoms. The number of piperidine rings is 2. The molecule has 2 fully saturated rings. The lowest BCUT2D eigenvalue weighted by atomic mass is 10.0. The summed E-state index contributed by atoms with van der Waals surface area (Å²) in [6.45, 7) is 14.8. The number of ether oxygens (including phenoxy) is 2. The Morgan fingerprint density at radius 3 is 1.46 bits per heavy atom. The number of anilines is 2. The maximum atomic E-state index is 13.0. The second kappa shape index (κ2) is 30.0. The van der Waals surface area contributed by atoms with Crippen molar-refractivity contribution in [3.05, 3.63) is 191 Å². The van der Waals surface area contributed by atoms with Gasteiger partial charge in [-0.3, -0.25) is 33.5 Å². The van der Waals surface area contributed by atoms with Crippen LogP contribution in [0.25, 0.3) is 22.5 Å². The second-order valence-corrected chi connectivity index (χ2v) is 26.2. The summed E-state index contributed by atoms with van der Waals surface area (Å²) in [7, 11) is -3.13. The quantitative estimate of drug-likeness (QED) is 0.0310. The molecule has 480 valence electrons. The number of imidazole rings is 2. The number of Topliss-reactive ketones (excluding diaryl/α,β-unsaturated/α-hetero) is 2. The number of aromatic amines is 1. The van der Waals surface area contributed by atoms with Gasteiger partial charge in [0.1, 0.15) is 45.7 Å². The summed E-state index contributed by atoms with van der Waals surface area (Å²) in [5, 5.41) is 24.6. The van der Waals surface area contributed by atoms with E-state index in [2.05, 4.69) is 25.6 Å². The standard InChI is InChI=1S/C28H31N7O4.C28H30N6O4.C12H12NO2P/c1-17(36)24-23(19-8-10-20(11-9-19)26(37)32-22-15-18(16-29)12-13-31-22)33-25(35(24)30)21-7-5-6-14-34(21)27(38)39-28(2,3)4;1-17(35)23-24(33-25(32-23)21-7-5-6-14-34(21)27(37)38-28(2,3)4)19-8-10-20(11-9-19)26(36)31-22-15-18(16-29)12-13-30-22;13-15-16(14,11-7-3-1-4-8-11)12-9-5-2-6-10-12/h8-13,15,21H,5-7,14,30H2,1-4H3,(H,31,32,37);8-13,15,21H,5-7,14H2,1-4H3,(H,32,33)(H,30,31,36);1-10H,13H2/t2*21-;/m00./s1.